The highest BCUT2D eigenvalue weighted by Gasteiger charge is 2.17. The van der Waals surface area contributed by atoms with Gasteiger partial charge in [0, 0.05) is 22.6 Å². The van der Waals surface area contributed by atoms with Gasteiger partial charge in [-0.15, -0.1) is 11.3 Å². The van der Waals surface area contributed by atoms with Crippen LogP contribution in [0.4, 0.5) is 19.4 Å². The Bertz CT molecular complexity index is 1330. The first-order valence-corrected chi connectivity index (χ1v) is 11.1. The molecule has 0 spiro atoms. The van der Waals surface area contributed by atoms with Crippen molar-refractivity contribution in [3.8, 4) is 17.2 Å². The van der Waals surface area contributed by atoms with Gasteiger partial charge in [-0.3, -0.25) is 0 Å². The van der Waals surface area contributed by atoms with Crippen LogP contribution in [0.2, 0.25) is 0 Å². The molecule has 0 aliphatic carbocycles. The number of carbonyl (C=O) groups excluding carboxylic acids is 1. The van der Waals surface area contributed by atoms with Crippen LogP contribution in [0.25, 0.3) is 10.1 Å². The van der Waals surface area contributed by atoms with Crippen LogP contribution in [0.5, 0.6) is 17.2 Å². The molecular weight excluding hydrogens is 466 g/mol. The minimum atomic E-state index is -0.823. The van der Waals surface area contributed by atoms with E-state index in [2.05, 4.69) is 4.98 Å². The Kier molecular flexibility index (Phi) is 7.07. The zero-order valence-electron chi connectivity index (χ0n) is 18.0. The molecule has 4 rings (SSSR count). The zero-order valence-corrected chi connectivity index (χ0v) is 18.9. The average molecular weight is 486 g/mol. The van der Waals surface area contributed by atoms with Crippen LogP contribution >= 0.6 is 11.3 Å². The van der Waals surface area contributed by atoms with Crippen molar-refractivity contribution in [2.75, 3.05) is 12.3 Å². The van der Waals surface area contributed by atoms with Crippen LogP contribution in [-0.2, 0) is 18.0 Å². The van der Waals surface area contributed by atoms with Crippen LogP contribution in [0.3, 0.4) is 0 Å². The largest absolute Gasteiger partial charge is 0.513 e. The number of halogens is 2. The molecule has 176 valence electrons. The van der Waals surface area contributed by atoms with E-state index < -0.39 is 17.8 Å². The van der Waals surface area contributed by atoms with Crippen LogP contribution in [0, 0.1) is 11.6 Å². The topological polar surface area (TPSA) is 92.9 Å². The Hall–Kier alpha value is -3.92. The molecule has 0 amide bonds. The van der Waals surface area contributed by atoms with Gasteiger partial charge >= 0.3 is 6.16 Å². The summed E-state index contributed by atoms with van der Waals surface area (Å²) in [6.45, 7) is 1.90. The fraction of sp³-hybridized carbons (Fsp3) is 0.167. The van der Waals surface area contributed by atoms with Gasteiger partial charge in [0.1, 0.15) is 42.2 Å². The lowest BCUT2D eigenvalue weighted by atomic mass is 10.2. The van der Waals surface area contributed by atoms with Crippen molar-refractivity contribution in [3.63, 3.8) is 0 Å². The molecule has 7 nitrogen and oxygen atoms in total. The summed E-state index contributed by atoms with van der Waals surface area (Å²) in [6, 6.07) is 9.99. The van der Waals surface area contributed by atoms with Crippen molar-refractivity contribution in [3.05, 3.63) is 76.8 Å². The lowest BCUT2D eigenvalue weighted by Crippen LogP contribution is -2.10. The molecular formula is C24H20F2N2O5S. The summed E-state index contributed by atoms with van der Waals surface area (Å²) in [5, 5.41) is 2.47. The Morgan fingerprint density at radius 3 is 2.53 bits per heavy atom. The SMILES string of the molecule is CCOC(=O)Oc1cnc(N)c2c(COc3cccc(OCc4cc(F)ccc4F)c3)csc12. The Morgan fingerprint density at radius 1 is 1.06 bits per heavy atom. The summed E-state index contributed by atoms with van der Waals surface area (Å²) in [5.41, 5.74) is 6.93. The first-order chi connectivity index (χ1) is 16.4. The Morgan fingerprint density at radius 2 is 1.79 bits per heavy atom. The number of fused-ring (bicyclic) bond motifs is 1. The molecule has 0 saturated heterocycles. The number of hydrogen-bond acceptors (Lipinski definition) is 8. The van der Waals surface area contributed by atoms with Gasteiger partial charge in [0.05, 0.1) is 17.5 Å². The number of aromatic nitrogens is 1. The minimum Gasteiger partial charge on any atom is -0.489 e. The highest BCUT2D eigenvalue weighted by atomic mass is 32.1. The quantitative estimate of drug-likeness (QED) is 0.312. The first-order valence-electron chi connectivity index (χ1n) is 10.2. The predicted molar refractivity (Wildman–Crippen MR) is 123 cm³/mol. The minimum absolute atomic E-state index is 0.111. The summed E-state index contributed by atoms with van der Waals surface area (Å²) in [7, 11) is 0. The van der Waals surface area contributed by atoms with Crippen LogP contribution in [-0.4, -0.2) is 17.7 Å². The zero-order chi connectivity index (χ0) is 24.1. The number of nitrogens with two attached hydrogens (primary N) is 1. The van der Waals surface area contributed by atoms with E-state index in [0.29, 0.717) is 21.6 Å². The van der Waals surface area contributed by atoms with Gasteiger partial charge in [0.15, 0.2) is 5.75 Å². The number of ether oxygens (including phenoxy) is 4. The van der Waals surface area contributed by atoms with E-state index in [-0.39, 0.29) is 37.0 Å². The number of thiophene rings is 1. The molecule has 0 radical (unpaired) electrons. The van der Waals surface area contributed by atoms with Gasteiger partial charge in [0.25, 0.3) is 0 Å². The van der Waals surface area contributed by atoms with E-state index >= 15 is 0 Å². The number of nitrogens with zero attached hydrogens (tertiary/aromatic N) is 1. The second-order valence-corrected chi connectivity index (χ2v) is 7.93. The molecule has 2 aromatic heterocycles. The maximum atomic E-state index is 13.8. The van der Waals surface area contributed by atoms with Crippen molar-refractivity contribution < 1.29 is 32.5 Å². The summed E-state index contributed by atoms with van der Waals surface area (Å²) in [4.78, 5) is 15.8. The maximum absolute atomic E-state index is 13.8. The van der Waals surface area contributed by atoms with Crippen molar-refractivity contribution in [2.24, 2.45) is 0 Å². The van der Waals surface area contributed by atoms with E-state index in [1.54, 1.807) is 31.2 Å². The van der Waals surface area contributed by atoms with Gasteiger partial charge in [-0.05, 0) is 42.6 Å². The molecule has 0 aliphatic rings. The molecule has 0 saturated carbocycles. The molecule has 34 heavy (non-hydrogen) atoms. The highest BCUT2D eigenvalue weighted by Crippen LogP contribution is 2.37. The number of hydrogen-bond donors (Lipinski definition) is 1. The highest BCUT2D eigenvalue weighted by molar-refractivity contribution is 7.17. The van der Waals surface area contributed by atoms with E-state index in [9.17, 15) is 13.6 Å². The van der Waals surface area contributed by atoms with E-state index in [1.165, 1.54) is 17.5 Å². The van der Waals surface area contributed by atoms with Crippen LogP contribution in [0.15, 0.2) is 54.0 Å². The molecule has 0 fully saturated rings. The number of carbonyl (C=O) groups is 1. The Labute approximate surface area is 197 Å². The molecule has 2 heterocycles. The first kappa shape index (κ1) is 23.2. The average Bonchev–Trinajstić information content (AvgIpc) is 3.26. The molecule has 0 aliphatic heterocycles. The van der Waals surface area contributed by atoms with Gasteiger partial charge in [-0.1, -0.05) is 6.07 Å². The monoisotopic (exact) mass is 486 g/mol. The lowest BCUT2D eigenvalue weighted by molar-refractivity contribution is 0.105. The molecule has 0 bridgehead atoms. The normalized spacial score (nSPS) is 10.8. The van der Waals surface area contributed by atoms with Gasteiger partial charge < -0.3 is 24.7 Å². The molecule has 10 heteroatoms. The summed E-state index contributed by atoms with van der Waals surface area (Å²) >= 11 is 1.34. The van der Waals surface area contributed by atoms with E-state index in [1.807, 2.05) is 5.38 Å². The molecule has 0 unspecified atom stereocenters. The molecule has 0 atom stereocenters. The second-order valence-electron chi connectivity index (χ2n) is 7.05. The third-order valence-electron chi connectivity index (χ3n) is 4.73. The summed E-state index contributed by atoms with van der Waals surface area (Å²) < 4.78 is 49.3. The van der Waals surface area contributed by atoms with E-state index in [4.69, 9.17) is 24.7 Å². The third kappa shape index (κ3) is 5.34. The molecule has 2 aromatic carbocycles. The smallest absolute Gasteiger partial charge is 0.489 e. The standard InChI is InChI=1S/C24H20F2N2O5S/c1-2-30-24(29)33-20-10-28-23(27)21-15(13-34-22(20)21)12-32-18-5-3-4-17(9-18)31-11-14-8-16(25)6-7-19(14)26/h3-10,13H,2,11-12H2,1H3,(H2,27,28). The fourth-order valence-corrected chi connectivity index (χ4v) is 4.16. The lowest BCUT2D eigenvalue weighted by Gasteiger charge is -2.11. The Balaban J connectivity index is 1.46. The molecule has 2 N–H and O–H groups in total. The van der Waals surface area contributed by atoms with Crippen molar-refractivity contribution in [2.45, 2.75) is 20.1 Å². The van der Waals surface area contributed by atoms with Crippen LogP contribution < -0.4 is 19.9 Å². The number of benzene rings is 2. The van der Waals surface area contributed by atoms with Crippen LogP contribution in [0.1, 0.15) is 18.1 Å². The van der Waals surface area contributed by atoms with Gasteiger partial charge in [-0.2, -0.15) is 0 Å². The molecule has 4 aromatic rings. The van der Waals surface area contributed by atoms with Crippen molar-refractivity contribution in [1.82, 2.24) is 4.98 Å². The number of rotatable bonds is 8. The number of nitrogen functional groups attached to an aromatic ring is 1. The van der Waals surface area contributed by atoms with E-state index in [0.717, 1.165) is 23.8 Å². The number of pyridine rings is 1. The fourth-order valence-electron chi connectivity index (χ4n) is 3.15. The third-order valence-corrected chi connectivity index (χ3v) is 5.77. The summed E-state index contributed by atoms with van der Waals surface area (Å²) in [6.07, 6.45) is 0.550. The second kappa shape index (κ2) is 10.3. The predicted octanol–water partition coefficient (Wildman–Crippen LogP) is 5.85. The summed E-state index contributed by atoms with van der Waals surface area (Å²) in [5.74, 6) is 0.379. The maximum Gasteiger partial charge on any atom is 0.513 e. The van der Waals surface area contributed by atoms with Crippen molar-refractivity contribution >= 4 is 33.4 Å². The van der Waals surface area contributed by atoms with Gasteiger partial charge in [0.2, 0.25) is 0 Å². The van der Waals surface area contributed by atoms with Gasteiger partial charge in [-0.25, -0.2) is 18.6 Å². The van der Waals surface area contributed by atoms with Crippen molar-refractivity contribution in [1.29, 1.82) is 0 Å². The number of anilines is 1.